The SMILES string of the molecule is CN=C(NCCCn1cccn1)NCCNC(=O)c1ccco1. The van der Waals surface area contributed by atoms with Crippen molar-refractivity contribution in [2.75, 3.05) is 26.7 Å². The first kappa shape index (κ1) is 16.6. The van der Waals surface area contributed by atoms with Gasteiger partial charge in [-0.25, -0.2) is 0 Å². The monoisotopic (exact) mass is 318 g/mol. The number of guanidine groups is 1. The fraction of sp³-hybridized carbons (Fsp3) is 0.400. The summed E-state index contributed by atoms with van der Waals surface area (Å²) in [7, 11) is 1.71. The van der Waals surface area contributed by atoms with E-state index < -0.39 is 0 Å². The Balaban J connectivity index is 1.55. The van der Waals surface area contributed by atoms with Crippen LogP contribution in [0.1, 0.15) is 17.0 Å². The van der Waals surface area contributed by atoms with Crippen LogP contribution in [0.2, 0.25) is 0 Å². The Morgan fingerprint density at radius 3 is 2.78 bits per heavy atom. The lowest BCUT2D eigenvalue weighted by molar-refractivity contribution is 0.0926. The van der Waals surface area contributed by atoms with Gasteiger partial charge in [-0.05, 0) is 24.6 Å². The lowest BCUT2D eigenvalue weighted by Crippen LogP contribution is -2.41. The van der Waals surface area contributed by atoms with Crippen LogP contribution in [0.3, 0.4) is 0 Å². The minimum atomic E-state index is -0.223. The summed E-state index contributed by atoms with van der Waals surface area (Å²) in [5.74, 6) is 0.794. The minimum Gasteiger partial charge on any atom is -0.459 e. The summed E-state index contributed by atoms with van der Waals surface area (Å²) in [4.78, 5) is 15.8. The highest BCUT2D eigenvalue weighted by atomic mass is 16.3. The van der Waals surface area contributed by atoms with E-state index in [2.05, 4.69) is 26.0 Å². The van der Waals surface area contributed by atoms with Gasteiger partial charge >= 0.3 is 0 Å². The molecular weight excluding hydrogens is 296 g/mol. The predicted molar refractivity (Wildman–Crippen MR) is 87.2 cm³/mol. The van der Waals surface area contributed by atoms with E-state index >= 15 is 0 Å². The van der Waals surface area contributed by atoms with Crippen LogP contribution in [0, 0.1) is 0 Å². The standard InChI is InChI=1S/C15H22N6O2/c1-16-15(18-6-3-10-21-11-4-7-20-21)19-9-8-17-14(22)13-5-2-12-23-13/h2,4-5,7,11-12H,3,6,8-10H2,1H3,(H,17,22)(H2,16,18,19). The lowest BCUT2D eigenvalue weighted by atomic mass is 10.4. The van der Waals surface area contributed by atoms with Gasteiger partial charge in [0.05, 0.1) is 6.26 Å². The van der Waals surface area contributed by atoms with Gasteiger partial charge in [-0.1, -0.05) is 0 Å². The molecule has 2 aromatic heterocycles. The molecule has 0 radical (unpaired) electrons. The quantitative estimate of drug-likeness (QED) is 0.373. The molecule has 23 heavy (non-hydrogen) atoms. The number of nitrogens with one attached hydrogen (secondary N) is 3. The molecule has 0 spiro atoms. The first-order valence-electron chi connectivity index (χ1n) is 7.53. The number of furan rings is 1. The highest BCUT2D eigenvalue weighted by molar-refractivity contribution is 5.91. The maximum Gasteiger partial charge on any atom is 0.287 e. The number of aliphatic imine (C=N–C) groups is 1. The van der Waals surface area contributed by atoms with Crippen molar-refractivity contribution in [1.29, 1.82) is 0 Å². The van der Waals surface area contributed by atoms with Crippen LogP contribution in [0.25, 0.3) is 0 Å². The Kier molecular flexibility index (Phi) is 6.70. The van der Waals surface area contributed by atoms with Gasteiger partial charge in [-0.3, -0.25) is 14.5 Å². The summed E-state index contributed by atoms with van der Waals surface area (Å²) >= 11 is 0. The van der Waals surface area contributed by atoms with E-state index in [-0.39, 0.29) is 5.91 Å². The van der Waals surface area contributed by atoms with Gasteiger partial charge in [-0.2, -0.15) is 5.10 Å². The second-order valence-electron chi connectivity index (χ2n) is 4.78. The third kappa shape index (κ3) is 5.85. The third-order valence-corrected chi connectivity index (χ3v) is 3.09. The molecule has 8 heteroatoms. The fourth-order valence-corrected chi connectivity index (χ4v) is 1.95. The Morgan fingerprint density at radius 2 is 2.09 bits per heavy atom. The Labute approximate surface area is 135 Å². The van der Waals surface area contributed by atoms with Crippen molar-refractivity contribution in [1.82, 2.24) is 25.7 Å². The van der Waals surface area contributed by atoms with Crippen molar-refractivity contribution >= 4 is 11.9 Å². The Bertz CT molecular complexity index is 592. The molecule has 2 aromatic rings. The van der Waals surface area contributed by atoms with E-state index in [0.29, 0.717) is 24.8 Å². The molecule has 0 saturated carbocycles. The zero-order valence-corrected chi connectivity index (χ0v) is 13.2. The van der Waals surface area contributed by atoms with Gasteiger partial charge in [-0.15, -0.1) is 0 Å². The minimum absolute atomic E-state index is 0.223. The molecule has 0 aliphatic rings. The lowest BCUT2D eigenvalue weighted by Gasteiger charge is -2.12. The average molecular weight is 318 g/mol. The van der Waals surface area contributed by atoms with Gasteiger partial charge in [0.2, 0.25) is 0 Å². The molecule has 1 amide bonds. The molecule has 0 aromatic carbocycles. The second kappa shape index (κ2) is 9.29. The second-order valence-corrected chi connectivity index (χ2v) is 4.78. The molecule has 0 fully saturated rings. The molecule has 0 bridgehead atoms. The average Bonchev–Trinajstić information content (AvgIpc) is 3.26. The normalized spacial score (nSPS) is 11.3. The molecule has 2 heterocycles. The largest absolute Gasteiger partial charge is 0.459 e. The third-order valence-electron chi connectivity index (χ3n) is 3.09. The number of carbonyl (C=O) groups excluding carboxylic acids is 1. The van der Waals surface area contributed by atoms with Crippen LogP contribution < -0.4 is 16.0 Å². The first-order chi connectivity index (χ1) is 11.3. The summed E-state index contributed by atoms with van der Waals surface area (Å²) in [5.41, 5.74) is 0. The Hall–Kier alpha value is -2.77. The number of aryl methyl sites for hydroxylation is 1. The molecule has 3 N–H and O–H groups in total. The van der Waals surface area contributed by atoms with Gasteiger partial charge in [0.1, 0.15) is 0 Å². The van der Waals surface area contributed by atoms with Gasteiger partial charge in [0.15, 0.2) is 11.7 Å². The van der Waals surface area contributed by atoms with E-state index in [0.717, 1.165) is 19.5 Å². The molecular formula is C15H22N6O2. The zero-order chi connectivity index (χ0) is 16.3. The van der Waals surface area contributed by atoms with Crippen molar-refractivity contribution in [3.05, 3.63) is 42.6 Å². The van der Waals surface area contributed by atoms with Crippen LogP contribution in [-0.2, 0) is 6.54 Å². The maximum absolute atomic E-state index is 11.7. The molecule has 2 rings (SSSR count). The summed E-state index contributed by atoms with van der Waals surface area (Å²) in [6.45, 7) is 2.70. The summed E-state index contributed by atoms with van der Waals surface area (Å²) in [6, 6.07) is 5.22. The molecule has 0 unspecified atom stereocenters. The summed E-state index contributed by atoms with van der Waals surface area (Å²) in [6.07, 6.45) is 6.12. The van der Waals surface area contributed by atoms with Crippen LogP contribution in [0.4, 0.5) is 0 Å². The number of rotatable bonds is 8. The smallest absolute Gasteiger partial charge is 0.287 e. The van der Waals surface area contributed by atoms with E-state index in [1.807, 2.05) is 16.9 Å². The first-order valence-corrected chi connectivity index (χ1v) is 7.53. The number of hydrogen-bond acceptors (Lipinski definition) is 4. The van der Waals surface area contributed by atoms with Crippen molar-refractivity contribution < 1.29 is 9.21 Å². The summed E-state index contributed by atoms with van der Waals surface area (Å²) in [5, 5.41) is 13.3. The van der Waals surface area contributed by atoms with E-state index in [9.17, 15) is 4.79 Å². The Morgan fingerprint density at radius 1 is 1.26 bits per heavy atom. The summed E-state index contributed by atoms with van der Waals surface area (Å²) < 4.78 is 6.91. The predicted octanol–water partition coefficient (Wildman–Crippen LogP) is 0.461. The molecule has 0 aliphatic heterocycles. The number of amides is 1. The van der Waals surface area contributed by atoms with Crippen LogP contribution >= 0.6 is 0 Å². The fourth-order valence-electron chi connectivity index (χ4n) is 1.95. The number of aromatic nitrogens is 2. The number of carbonyl (C=O) groups is 1. The highest BCUT2D eigenvalue weighted by Gasteiger charge is 2.06. The number of hydrogen-bond donors (Lipinski definition) is 3. The molecule has 124 valence electrons. The van der Waals surface area contributed by atoms with E-state index in [1.54, 1.807) is 25.4 Å². The van der Waals surface area contributed by atoms with Crippen LogP contribution in [-0.4, -0.2) is 48.3 Å². The van der Waals surface area contributed by atoms with Crippen molar-refractivity contribution in [2.45, 2.75) is 13.0 Å². The van der Waals surface area contributed by atoms with Crippen molar-refractivity contribution in [3.63, 3.8) is 0 Å². The van der Waals surface area contributed by atoms with Crippen LogP contribution in [0.5, 0.6) is 0 Å². The molecule has 0 aliphatic carbocycles. The number of nitrogens with zero attached hydrogens (tertiary/aromatic N) is 3. The maximum atomic E-state index is 11.7. The molecule has 0 saturated heterocycles. The molecule has 0 atom stereocenters. The van der Waals surface area contributed by atoms with Gasteiger partial charge in [0.25, 0.3) is 5.91 Å². The molecule has 8 nitrogen and oxygen atoms in total. The highest BCUT2D eigenvalue weighted by Crippen LogP contribution is 1.98. The topological polar surface area (TPSA) is 96.5 Å². The van der Waals surface area contributed by atoms with E-state index in [4.69, 9.17) is 4.42 Å². The van der Waals surface area contributed by atoms with Gasteiger partial charge < -0.3 is 20.4 Å². The van der Waals surface area contributed by atoms with Crippen LogP contribution in [0.15, 0.2) is 46.3 Å². The zero-order valence-electron chi connectivity index (χ0n) is 13.2. The van der Waals surface area contributed by atoms with Gasteiger partial charge in [0, 0.05) is 45.6 Å². The van der Waals surface area contributed by atoms with Crippen molar-refractivity contribution in [2.24, 2.45) is 4.99 Å². The van der Waals surface area contributed by atoms with Crippen molar-refractivity contribution in [3.8, 4) is 0 Å². The van der Waals surface area contributed by atoms with E-state index in [1.165, 1.54) is 6.26 Å².